The number of ether oxygens (including phenoxy) is 1. The lowest BCUT2D eigenvalue weighted by molar-refractivity contribution is -0.128. The molecule has 10 heteroatoms. The highest BCUT2D eigenvalue weighted by atomic mass is 19.1. The van der Waals surface area contributed by atoms with E-state index in [1.165, 1.54) is 18.7 Å². The number of halogens is 1. The molecule has 3 heterocycles. The Bertz CT molecular complexity index is 1580. The van der Waals surface area contributed by atoms with Crippen molar-refractivity contribution in [2.75, 3.05) is 19.0 Å². The highest BCUT2D eigenvalue weighted by molar-refractivity contribution is 5.95. The first kappa shape index (κ1) is 32.1. The predicted octanol–water partition coefficient (Wildman–Crippen LogP) is 4.88. The molecular weight excluding hydrogens is 583 g/mol. The van der Waals surface area contributed by atoms with Gasteiger partial charge in [-0.25, -0.2) is 9.82 Å². The number of carbonyl (C=O) groups excluding carboxylic acids is 2. The minimum absolute atomic E-state index is 0.0570. The molecule has 9 nitrogen and oxygen atoms in total. The molecule has 3 fully saturated rings. The second kappa shape index (κ2) is 13.9. The van der Waals surface area contributed by atoms with Gasteiger partial charge in [0.1, 0.15) is 11.6 Å². The quantitative estimate of drug-likeness (QED) is 0.282. The van der Waals surface area contributed by atoms with E-state index in [0.717, 1.165) is 41.8 Å². The third-order valence-electron chi connectivity index (χ3n) is 10.0. The summed E-state index contributed by atoms with van der Waals surface area (Å²) >= 11 is 0. The number of nitrogens with zero attached hydrogens (tertiary/aromatic N) is 2. The molecule has 2 aromatic carbocycles. The van der Waals surface area contributed by atoms with Crippen molar-refractivity contribution >= 4 is 17.5 Å². The van der Waals surface area contributed by atoms with Crippen LogP contribution in [0.4, 0.5) is 10.1 Å². The molecule has 3 aliphatic rings. The van der Waals surface area contributed by atoms with Crippen molar-refractivity contribution in [2.24, 2.45) is 11.8 Å². The highest BCUT2D eigenvalue weighted by Crippen LogP contribution is 2.40. The SMILES string of the molecule is COc1cccc(F)c1CN1C[C@H](NC(=O)C2CCC3NNC(c4ccnc(C)c4)C3C2)CC[C@H]1C(=O)Nc1ccc(C)cc1C. The van der Waals surface area contributed by atoms with Crippen molar-refractivity contribution in [3.63, 3.8) is 0 Å². The molecule has 3 aromatic rings. The van der Waals surface area contributed by atoms with Crippen LogP contribution in [-0.2, 0) is 16.1 Å². The average molecular weight is 629 g/mol. The summed E-state index contributed by atoms with van der Waals surface area (Å²) in [7, 11) is 1.52. The fraction of sp³-hybridized carbons (Fsp3) is 0.472. The van der Waals surface area contributed by atoms with Gasteiger partial charge < -0.3 is 15.4 Å². The molecule has 0 radical (unpaired) electrons. The minimum Gasteiger partial charge on any atom is -0.496 e. The lowest BCUT2D eigenvalue weighted by Gasteiger charge is -2.40. The minimum atomic E-state index is -0.492. The van der Waals surface area contributed by atoms with Gasteiger partial charge in [-0.15, -0.1) is 0 Å². The first-order valence-corrected chi connectivity index (χ1v) is 16.4. The Hall–Kier alpha value is -3.86. The molecule has 4 unspecified atom stereocenters. The number of rotatable bonds is 8. The summed E-state index contributed by atoms with van der Waals surface area (Å²) in [5, 5.41) is 6.43. The molecule has 244 valence electrons. The van der Waals surface area contributed by atoms with Gasteiger partial charge in [0.05, 0.1) is 19.2 Å². The zero-order valence-corrected chi connectivity index (χ0v) is 27.1. The van der Waals surface area contributed by atoms with Gasteiger partial charge in [-0.2, -0.15) is 0 Å². The van der Waals surface area contributed by atoms with Crippen LogP contribution in [-0.4, -0.2) is 53.5 Å². The van der Waals surface area contributed by atoms with Crippen molar-refractivity contribution in [3.05, 3.63) is 88.5 Å². The molecule has 2 saturated heterocycles. The standard InChI is InChI=1S/C36H45FN6O3/c1-21-8-11-30(22(2)16-21)40-36(45)32-13-10-26(19-43(32)20-28-29(37)6-5-7-33(28)46-4)39-35(44)25-9-12-31-27(18-25)34(42-41-31)24-14-15-38-23(3)17-24/h5-8,11,14-17,25-27,31-32,34,41-42H,9-10,12-13,18-20H2,1-4H3,(H,39,44)(H,40,45)/t25?,26-,27?,31?,32+,34?/m1/s1. The van der Waals surface area contributed by atoms with E-state index in [9.17, 15) is 9.59 Å². The fourth-order valence-corrected chi connectivity index (χ4v) is 7.59. The van der Waals surface area contributed by atoms with Crippen molar-refractivity contribution in [3.8, 4) is 5.75 Å². The van der Waals surface area contributed by atoms with Gasteiger partial charge in [0.15, 0.2) is 0 Å². The number of aryl methyl sites for hydroxylation is 3. The van der Waals surface area contributed by atoms with Crippen LogP contribution in [0.3, 0.4) is 0 Å². The van der Waals surface area contributed by atoms with Crippen molar-refractivity contribution in [2.45, 2.75) is 83.6 Å². The Labute approximate surface area is 270 Å². The van der Waals surface area contributed by atoms with Crippen LogP contribution >= 0.6 is 0 Å². The molecule has 0 spiro atoms. The Morgan fingerprint density at radius 1 is 1.02 bits per heavy atom. The summed E-state index contributed by atoms with van der Waals surface area (Å²) in [4.78, 5) is 33.8. The highest BCUT2D eigenvalue weighted by Gasteiger charge is 2.43. The first-order chi connectivity index (χ1) is 22.2. The number of piperidine rings is 1. The number of amides is 2. The third-order valence-corrected chi connectivity index (χ3v) is 10.0. The van der Waals surface area contributed by atoms with E-state index in [0.29, 0.717) is 42.7 Å². The molecule has 1 aromatic heterocycles. The Balaban J connectivity index is 1.16. The van der Waals surface area contributed by atoms with E-state index < -0.39 is 6.04 Å². The number of aromatic nitrogens is 1. The average Bonchev–Trinajstić information content (AvgIpc) is 3.47. The zero-order chi connectivity index (χ0) is 32.4. The van der Waals surface area contributed by atoms with E-state index in [-0.39, 0.29) is 42.2 Å². The molecule has 2 amide bonds. The molecule has 1 aliphatic carbocycles. The number of nitrogens with one attached hydrogen (secondary N) is 4. The van der Waals surface area contributed by atoms with E-state index >= 15 is 4.39 Å². The van der Waals surface area contributed by atoms with Crippen molar-refractivity contribution in [1.82, 2.24) is 26.1 Å². The lowest BCUT2D eigenvalue weighted by atomic mass is 9.74. The number of likely N-dealkylation sites (tertiary alicyclic amines) is 1. The molecule has 1 saturated carbocycles. The number of hydrogen-bond donors (Lipinski definition) is 4. The number of fused-ring (bicyclic) bond motifs is 1. The smallest absolute Gasteiger partial charge is 0.241 e. The van der Waals surface area contributed by atoms with Crippen LogP contribution < -0.4 is 26.2 Å². The van der Waals surface area contributed by atoms with Gasteiger partial charge in [-0.3, -0.25) is 24.9 Å². The van der Waals surface area contributed by atoms with Gasteiger partial charge in [-0.1, -0.05) is 23.8 Å². The second-order valence-corrected chi connectivity index (χ2v) is 13.2. The molecule has 2 aliphatic heterocycles. The monoisotopic (exact) mass is 628 g/mol. The summed E-state index contributed by atoms with van der Waals surface area (Å²) < 4.78 is 20.6. The molecule has 0 bridgehead atoms. The normalized spacial score (nSPS) is 26.3. The second-order valence-electron chi connectivity index (χ2n) is 13.2. The Morgan fingerprint density at radius 2 is 1.87 bits per heavy atom. The molecule has 6 rings (SSSR count). The van der Waals surface area contributed by atoms with Crippen LogP contribution in [0.1, 0.15) is 66.1 Å². The summed E-state index contributed by atoms with van der Waals surface area (Å²) in [6.07, 6.45) is 5.54. The molecule has 4 N–H and O–H groups in total. The van der Waals surface area contributed by atoms with E-state index in [2.05, 4.69) is 32.5 Å². The van der Waals surface area contributed by atoms with Crippen LogP contribution in [0.15, 0.2) is 54.7 Å². The summed E-state index contributed by atoms with van der Waals surface area (Å²) in [5.41, 5.74) is 12.4. The number of pyridine rings is 1. The van der Waals surface area contributed by atoms with E-state index in [1.54, 1.807) is 12.1 Å². The number of hydrogen-bond acceptors (Lipinski definition) is 7. The van der Waals surface area contributed by atoms with Gasteiger partial charge in [0.2, 0.25) is 11.8 Å². The fourth-order valence-electron chi connectivity index (χ4n) is 7.59. The summed E-state index contributed by atoms with van der Waals surface area (Å²) in [6, 6.07) is 14.6. The van der Waals surface area contributed by atoms with E-state index in [1.807, 2.05) is 56.1 Å². The first-order valence-electron chi connectivity index (χ1n) is 16.4. The topological polar surface area (TPSA) is 108 Å². The lowest BCUT2D eigenvalue weighted by Crippen LogP contribution is -2.56. The van der Waals surface area contributed by atoms with Crippen LogP contribution in [0.25, 0.3) is 0 Å². The van der Waals surface area contributed by atoms with Gasteiger partial charge in [0, 0.05) is 54.2 Å². The number of benzene rings is 2. The van der Waals surface area contributed by atoms with Gasteiger partial charge in [0.25, 0.3) is 0 Å². The number of carbonyl (C=O) groups is 2. The Kier molecular flexibility index (Phi) is 9.67. The van der Waals surface area contributed by atoms with Crippen LogP contribution in [0, 0.1) is 38.4 Å². The maximum atomic E-state index is 15.1. The van der Waals surface area contributed by atoms with Gasteiger partial charge in [-0.05, 0) is 100 Å². The third kappa shape index (κ3) is 6.94. The maximum absolute atomic E-state index is 15.1. The molecule has 46 heavy (non-hydrogen) atoms. The number of anilines is 1. The summed E-state index contributed by atoms with van der Waals surface area (Å²) in [6.45, 7) is 6.60. The molecular formula is C36H45FN6O3. The van der Waals surface area contributed by atoms with Crippen molar-refractivity contribution < 1.29 is 18.7 Å². The van der Waals surface area contributed by atoms with Crippen LogP contribution in [0.5, 0.6) is 5.75 Å². The number of hydrazine groups is 1. The predicted molar refractivity (Wildman–Crippen MR) is 175 cm³/mol. The molecule has 6 atom stereocenters. The largest absolute Gasteiger partial charge is 0.496 e. The van der Waals surface area contributed by atoms with Crippen LogP contribution in [0.2, 0.25) is 0 Å². The van der Waals surface area contributed by atoms with Gasteiger partial charge >= 0.3 is 0 Å². The summed E-state index contributed by atoms with van der Waals surface area (Å²) in [5.74, 6) is 0.174. The van der Waals surface area contributed by atoms with Crippen molar-refractivity contribution in [1.29, 1.82) is 0 Å². The zero-order valence-electron chi connectivity index (χ0n) is 27.1. The Morgan fingerprint density at radius 3 is 2.65 bits per heavy atom. The maximum Gasteiger partial charge on any atom is 0.241 e. The van der Waals surface area contributed by atoms with E-state index in [4.69, 9.17) is 4.74 Å². The number of methoxy groups -OCH3 is 1.